The van der Waals surface area contributed by atoms with Crippen LogP contribution in [0.1, 0.15) is 68.2 Å². The molecule has 0 unspecified atom stereocenters. The number of hydrogen-bond acceptors (Lipinski definition) is 5. The molecule has 152 valence electrons. The number of carbonyl (C=O) groups excluding carboxylic acids is 1. The van der Waals surface area contributed by atoms with Gasteiger partial charge in [0, 0.05) is 19.3 Å². The number of nitrogens with two attached hydrogens (primary N) is 1. The molecule has 5 nitrogen and oxygen atoms in total. The van der Waals surface area contributed by atoms with Crippen LogP contribution in [0, 0.1) is 6.92 Å². The molecule has 6 heteroatoms. The Bertz CT molecular complexity index is 1580. The summed E-state index contributed by atoms with van der Waals surface area (Å²) in [7, 11) is 0. The molecule has 0 aliphatic carbocycles. The lowest BCUT2D eigenvalue weighted by Gasteiger charge is -2.11. The van der Waals surface area contributed by atoms with Crippen LogP contribution in [-0.2, 0) is 17.6 Å². The summed E-state index contributed by atoms with van der Waals surface area (Å²) >= 11 is 0.868. The van der Waals surface area contributed by atoms with Crippen LogP contribution in [0.15, 0.2) is 53.7 Å². The van der Waals surface area contributed by atoms with E-state index in [0.29, 0.717) is 0 Å². The van der Waals surface area contributed by atoms with Crippen LogP contribution in [-0.4, -0.2) is 16.0 Å². The Hall–Kier alpha value is -2.70. The van der Waals surface area contributed by atoms with Gasteiger partial charge in [-0.3, -0.25) is 4.79 Å². The molecule has 2 aromatic carbocycles. The van der Waals surface area contributed by atoms with E-state index in [1.54, 1.807) is 0 Å². The fourth-order valence-corrected chi connectivity index (χ4v) is 2.51. The van der Waals surface area contributed by atoms with Crippen LogP contribution < -0.4 is 11.1 Å². The van der Waals surface area contributed by atoms with E-state index < -0.39 is 109 Å². The number of amides is 1. The molecule has 0 spiro atoms. The number of benzene rings is 2. The Balaban J connectivity index is 1.96. The summed E-state index contributed by atoms with van der Waals surface area (Å²) < 4.78 is 123. The first-order chi connectivity index (χ1) is 19.9. The second-order valence-electron chi connectivity index (χ2n) is 5.63. The molecule has 0 fully saturated rings. The Kier molecular flexibility index (Phi) is 3.15. The molecule has 3 rings (SSSR count). The van der Waals surface area contributed by atoms with E-state index in [-0.39, 0.29) is 16.4 Å². The fourth-order valence-electron chi connectivity index (χ4n) is 2.01. The summed E-state index contributed by atoms with van der Waals surface area (Å²) in [5.41, 5.74) is 2.77. The topological polar surface area (TPSA) is 88.2 Å². The molecule has 0 aliphatic rings. The SMILES string of the molecule is [2H]c1c([2H])c([C@@]([2H])(O)C([2H])([2H])CC([2H])([2H])Cc2c([2H])c([2H])c(NC(=O)C([2H])([2H])c3csc(N)n3)c([2H])c2[2H])c([2H])c([2H])c1C. The van der Waals surface area contributed by atoms with Gasteiger partial charge in [0.05, 0.1) is 30.5 Å². The maximum absolute atomic E-state index is 12.7. The molecule has 4 N–H and O–H groups in total. The normalized spacial score (nSPS) is 21.9. The Morgan fingerprint density at radius 1 is 1.31 bits per heavy atom. The third kappa shape index (κ3) is 6.69. The minimum atomic E-state index is -3.49. The second kappa shape index (κ2) is 10.2. The Morgan fingerprint density at radius 2 is 2.03 bits per heavy atom. The van der Waals surface area contributed by atoms with Crippen molar-refractivity contribution in [2.24, 2.45) is 0 Å². The van der Waals surface area contributed by atoms with Gasteiger partial charge in [0.2, 0.25) is 5.91 Å². The van der Waals surface area contributed by atoms with Crippen molar-refractivity contribution in [1.82, 2.24) is 4.98 Å². The predicted octanol–water partition coefficient (Wildman–Crippen LogP) is 4.66. The van der Waals surface area contributed by atoms with E-state index in [1.807, 2.05) is 5.32 Å². The molecule has 0 radical (unpaired) electrons. The summed E-state index contributed by atoms with van der Waals surface area (Å²) in [6.45, 7) is 1.27. The molecular weight excluding hydrogens is 382 g/mol. The van der Waals surface area contributed by atoms with Crippen molar-refractivity contribution in [2.45, 2.75) is 45.0 Å². The first kappa shape index (κ1) is 8.98. The van der Waals surface area contributed by atoms with Crippen LogP contribution in [0.2, 0.25) is 0 Å². The van der Waals surface area contributed by atoms with Crippen LogP contribution >= 0.6 is 11.3 Å². The molecule has 0 saturated heterocycles. The van der Waals surface area contributed by atoms with E-state index in [4.69, 9.17) is 26.3 Å². The average Bonchev–Trinajstić information content (AvgIpc) is 3.36. The molecule has 1 heterocycles. The van der Waals surface area contributed by atoms with Gasteiger partial charge < -0.3 is 16.2 Å². The Morgan fingerprint density at radius 3 is 2.69 bits per heavy atom. The minimum absolute atomic E-state index is 0.0193. The van der Waals surface area contributed by atoms with Gasteiger partial charge in [0.15, 0.2) is 5.13 Å². The van der Waals surface area contributed by atoms with Crippen LogP contribution in [0.3, 0.4) is 0 Å². The number of carbonyl (C=O) groups is 1. The van der Waals surface area contributed by atoms with Gasteiger partial charge in [-0.2, -0.15) is 0 Å². The third-order valence-corrected chi connectivity index (χ3v) is 4.02. The first-order valence-electron chi connectivity index (χ1n) is 15.8. The maximum atomic E-state index is 12.7. The molecule has 0 aliphatic heterocycles. The number of nitrogen functional groups attached to an aromatic ring is 1. The van der Waals surface area contributed by atoms with Crippen LogP contribution in [0.5, 0.6) is 0 Å². The fraction of sp³-hybridized carbons (Fsp3) is 0.304. The number of hydrogen-bond donors (Lipinski definition) is 3. The monoisotopic (exact) mass is 424 g/mol. The van der Waals surface area contributed by atoms with Crippen molar-refractivity contribution in [3.63, 3.8) is 0 Å². The van der Waals surface area contributed by atoms with Gasteiger partial charge in [0.1, 0.15) is 0 Å². The molecular formula is C23H27N3O2S. The standard InChI is InChI=1S/C23H27N3O2S/c1-16-6-10-18(11-7-16)21(27)5-3-2-4-17-8-12-19(13-9-17)25-22(28)14-20-15-29-23(24)26-20/h6-13,15,21,27H,2-5,14H2,1H3,(H2,24,26)(H,25,28)/t21-/m0/s1/i2D2,5D2,6D,7D,8D,9D,10D,11D,12D,13D,14D2,21D. The highest BCUT2D eigenvalue weighted by molar-refractivity contribution is 7.13. The predicted molar refractivity (Wildman–Crippen MR) is 119 cm³/mol. The first-order valence-corrected chi connectivity index (χ1v) is 9.19. The summed E-state index contributed by atoms with van der Waals surface area (Å²) in [4.78, 5) is 16.4. The Labute approximate surface area is 196 Å². The van der Waals surface area contributed by atoms with Crippen molar-refractivity contribution in [3.8, 4) is 0 Å². The van der Waals surface area contributed by atoms with Gasteiger partial charge in [-0.15, -0.1) is 11.3 Å². The van der Waals surface area contributed by atoms with E-state index in [1.165, 1.54) is 12.3 Å². The largest absolute Gasteiger partial charge is 0.388 e. The minimum Gasteiger partial charge on any atom is -0.388 e. The molecule has 3 aromatic rings. The van der Waals surface area contributed by atoms with Crippen molar-refractivity contribution >= 4 is 28.1 Å². The highest BCUT2D eigenvalue weighted by Gasteiger charge is 2.08. The molecule has 1 aromatic heterocycles. The number of rotatable bonds is 9. The zero-order valence-electron chi connectivity index (χ0n) is 30.3. The summed E-state index contributed by atoms with van der Waals surface area (Å²) in [5.74, 6) is -1.38. The van der Waals surface area contributed by atoms with E-state index in [2.05, 4.69) is 4.98 Å². The van der Waals surface area contributed by atoms with E-state index in [9.17, 15) is 9.90 Å². The van der Waals surface area contributed by atoms with Crippen molar-refractivity contribution in [3.05, 3.63) is 76.1 Å². The molecule has 0 saturated carbocycles. The van der Waals surface area contributed by atoms with Gasteiger partial charge in [0.25, 0.3) is 0 Å². The van der Waals surface area contributed by atoms with Gasteiger partial charge >= 0.3 is 0 Å². The molecule has 29 heavy (non-hydrogen) atoms. The zero-order valence-corrected chi connectivity index (χ0v) is 16.1. The van der Waals surface area contributed by atoms with Gasteiger partial charge in [-0.1, -0.05) is 48.2 Å². The number of nitrogens with zero attached hydrogens (tertiary/aromatic N) is 1. The molecule has 1 amide bonds. The highest BCUT2D eigenvalue weighted by Crippen LogP contribution is 2.21. The molecule has 1 atom stereocenters. The molecule has 0 bridgehead atoms. The summed E-state index contributed by atoms with van der Waals surface area (Å²) in [6.07, 6.45) is -14.6. The third-order valence-electron chi connectivity index (χ3n) is 3.35. The van der Waals surface area contributed by atoms with Gasteiger partial charge in [-0.25, -0.2) is 4.98 Å². The maximum Gasteiger partial charge on any atom is 0.230 e. The van der Waals surface area contributed by atoms with Crippen LogP contribution in [0.4, 0.5) is 10.8 Å². The van der Waals surface area contributed by atoms with Crippen molar-refractivity contribution in [2.75, 3.05) is 11.1 Å². The lowest BCUT2D eigenvalue weighted by atomic mass is 10.0. The van der Waals surface area contributed by atoms with Gasteiger partial charge in [-0.05, 0) is 49.3 Å². The summed E-state index contributed by atoms with van der Waals surface area (Å²) in [6, 6.07) is -6.39. The van der Waals surface area contributed by atoms with E-state index >= 15 is 0 Å². The number of nitrogens with one attached hydrogen (secondary N) is 1. The van der Waals surface area contributed by atoms with Crippen molar-refractivity contribution < 1.29 is 30.5 Å². The lowest BCUT2D eigenvalue weighted by molar-refractivity contribution is -0.115. The lowest BCUT2D eigenvalue weighted by Crippen LogP contribution is -2.14. The number of aliphatic hydroxyl groups is 1. The van der Waals surface area contributed by atoms with Crippen LogP contribution in [0.25, 0.3) is 0 Å². The summed E-state index contributed by atoms with van der Waals surface area (Å²) in [5, 5.41) is 14.1. The second-order valence-corrected chi connectivity index (χ2v) is 6.52. The zero-order chi connectivity index (χ0) is 33.9. The number of aromatic nitrogens is 1. The number of thiazole rings is 1. The smallest absolute Gasteiger partial charge is 0.230 e. The average molecular weight is 425 g/mol. The van der Waals surface area contributed by atoms with E-state index in [0.717, 1.165) is 11.3 Å². The van der Waals surface area contributed by atoms with Crippen molar-refractivity contribution in [1.29, 1.82) is 0 Å². The highest BCUT2D eigenvalue weighted by atomic mass is 32.1. The number of anilines is 2. The quantitative estimate of drug-likeness (QED) is 0.466.